The van der Waals surface area contributed by atoms with Crippen LogP contribution in [0.4, 0.5) is 11.6 Å². The molecule has 3 heterocycles. The summed E-state index contributed by atoms with van der Waals surface area (Å²) >= 11 is 3.51. The minimum Gasteiger partial charge on any atom is -0.330 e. The SMILES string of the molecule is NCCc1nc2ccc(Nc3ccccn3)nn2c1Br. The number of anilines is 2. The van der Waals surface area contributed by atoms with Crippen molar-refractivity contribution >= 4 is 33.2 Å². The normalized spacial score (nSPS) is 10.9. The molecule has 6 nitrogen and oxygen atoms in total. The largest absolute Gasteiger partial charge is 0.330 e. The molecule has 0 saturated carbocycles. The molecule has 0 fully saturated rings. The van der Waals surface area contributed by atoms with Crippen molar-refractivity contribution in [3.8, 4) is 0 Å². The molecular formula is C13H13BrN6. The van der Waals surface area contributed by atoms with E-state index in [1.54, 1.807) is 10.7 Å². The number of aromatic nitrogens is 4. The Bertz CT molecular complexity index is 724. The fourth-order valence-corrected chi connectivity index (χ4v) is 2.43. The van der Waals surface area contributed by atoms with Crippen molar-refractivity contribution in [3.63, 3.8) is 0 Å². The van der Waals surface area contributed by atoms with Gasteiger partial charge < -0.3 is 11.1 Å². The first-order valence-electron chi connectivity index (χ1n) is 6.20. The topological polar surface area (TPSA) is 81.1 Å². The molecule has 0 aliphatic carbocycles. The van der Waals surface area contributed by atoms with Crippen molar-refractivity contribution in [2.24, 2.45) is 5.73 Å². The third-order valence-corrected chi connectivity index (χ3v) is 3.58. The second-order valence-electron chi connectivity index (χ2n) is 4.22. The number of halogens is 1. The molecule has 3 rings (SSSR count). The lowest BCUT2D eigenvalue weighted by molar-refractivity contribution is 0.894. The summed E-state index contributed by atoms with van der Waals surface area (Å²) in [5.74, 6) is 1.45. The van der Waals surface area contributed by atoms with Gasteiger partial charge in [-0.15, -0.1) is 5.10 Å². The van der Waals surface area contributed by atoms with E-state index in [-0.39, 0.29) is 0 Å². The maximum atomic E-state index is 5.57. The minimum atomic E-state index is 0.557. The van der Waals surface area contributed by atoms with Crippen molar-refractivity contribution < 1.29 is 0 Å². The van der Waals surface area contributed by atoms with Gasteiger partial charge in [-0.25, -0.2) is 14.5 Å². The molecule has 0 aliphatic rings. The Labute approximate surface area is 124 Å². The van der Waals surface area contributed by atoms with Crippen molar-refractivity contribution in [3.05, 3.63) is 46.8 Å². The highest BCUT2D eigenvalue weighted by Gasteiger charge is 2.10. The summed E-state index contributed by atoms with van der Waals surface area (Å²) in [6.45, 7) is 0.557. The fourth-order valence-electron chi connectivity index (χ4n) is 1.88. The molecule has 3 aromatic heterocycles. The zero-order chi connectivity index (χ0) is 13.9. The number of nitrogens with zero attached hydrogens (tertiary/aromatic N) is 4. The number of imidazole rings is 1. The Morgan fingerprint density at radius 1 is 1.20 bits per heavy atom. The van der Waals surface area contributed by atoms with E-state index >= 15 is 0 Å². The molecule has 0 amide bonds. The van der Waals surface area contributed by atoms with Gasteiger partial charge in [0.2, 0.25) is 0 Å². The summed E-state index contributed by atoms with van der Waals surface area (Å²) in [7, 11) is 0. The highest BCUT2D eigenvalue weighted by molar-refractivity contribution is 9.10. The number of pyridine rings is 1. The van der Waals surface area contributed by atoms with Gasteiger partial charge in [-0.3, -0.25) is 0 Å². The van der Waals surface area contributed by atoms with Gasteiger partial charge in [-0.2, -0.15) is 0 Å². The molecule has 20 heavy (non-hydrogen) atoms. The van der Waals surface area contributed by atoms with Crippen molar-refractivity contribution in [2.75, 3.05) is 11.9 Å². The maximum Gasteiger partial charge on any atom is 0.155 e. The minimum absolute atomic E-state index is 0.557. The molecule has 7 heteroatoms. The average molecular weight is 333 g/mol. The molecule has 0 aliphatic heterocycles. The summed E-state index contributed by atoms with van der Waals surface area (Å²) in [5.41, 5.74) is 7.27. The summed E-state index contributed by atoms with van der Waals surface area (Å²) in [6, 6.07) is 9.45. The van der Waals surface area contributed by atoms with E-state index in [0.29, 0.717) is 18.8 Å². The molecule has 0 saturated heterocycles. The molecule has 0 unspecified atom stereocenters. The van der Waals surface area contributed by atoms with Crippen LogP contribution in [0.2, 0.25) is 0 Å². The summed E-state index contributed by atoms with van der Waals surface area (Å²) < 4.78 is 2.58. The first-order chi connectivity index (χ1) is 9.78. The van der Waals surface area contributed by atoms with E-state index in [1.165, 1.54) is 0 Å². The van der Waals surface area contributed by atoms with Gasteiger partial charge in [0.25, 0.3) is 0 Å². The number of fused-ring (bicyclic) bond motifs is 1. The second-order valence-corrected chi connectivity index (χ2v) is 4.97. The zero-order valence-corrected chi connectivity index (χ0v) is 12.2. The molecule has 0 aromatic carbocycles. The number of nitrogens with two attached hydrogens (primary N) is 1. The predicted octanol–water partition coefficient (Wildman–Crippen LogP) is 2.13. The standard InChI is InChI=1S/C13H13BrN6/c14-13-9(6-7-15)17-12-5-4-11(19-20(12)13)18-10-3-1-2-8-16-10/h1-5,8H,6-7,15H2,(H,16,18,19). The predicted molar refractivity (Wildman–Crippen MR) is 81.0 cm³/mol. The van der Waals surface area contributed by atoms with E-state index in [9.17, 15) is 0 Å². The van der Waals surface area contributed by atoms with Gasteiger partial charge in [-0.05, 0) is 46.7 Å². The van der Waals surface area contributed by atoms with Gasteiger partial charge in [0.15, 0.2) is 11.5 Å². The maximum absolute atomic E-state index is 5.57. The lowest BCUT2D eigenvalue weighted by atomic mass is 10.3. The van der Waals surface area contributed by atoms with E-state index in [1.807, 2.05) is 30.3 Å². The van der Waals surface area contributed by atoms with Crippen LogP contribution < -0.4 is 11.1 Å². The van der Waals surface area contributed by atoms with Crippen LogP contribution in [0.25, 0.3) is 5.65 Å². The molecule has 0 atom stereocenters. The van der Waals surface area contributed by atoms with Gasteiger partial charge in [0, 0.05) is 12.6 Å². The van der Waals surface area contributed by atoms with Crippen LogP contribution in [0.1, 0.15) is 5.69 Å². The van der Waals surface area contributed by atoms with Crippen LogP contribution in [-0.4, -0.2) is 26.1 Å². The Morgan fingerprint density at radius 2 is 2.10 bits per heavy atom. The second kappa shape index (κ2) is 5.56. The molecular weight excluding hydrogens is 320 g/mol. The Balaban J connectivity index is 1.96. The first kappa shape index (κ1) is 13.0. The Morgan fingerprint density at radius 3 is 2.85 bits per heavy atom. The highest BCUT2D eigenvalue weighted by atomic mass is 79.9. The number of rotatable bonds is 4. The average Bonchev–Trinajstić information content (AvgIpc) is 2.77. The smallest absolute Gasteiger partial charge is 0.155 e. The number of hydrogen-bond acceptors (Lipinski definition) is 5. The summed E-state index contributed by atoms with van der Waals surface area (Å²) in [5, 5.41) is 7.64. The third-order valence-electron chi connectivity index (χ3n) is 2.79. The third kappa shape index (κ3) is 2.50. The summed E-state index contributed by atoms with van der Waals surface area (Å²) in [6.07, 6.45) is 2.44. The molecule has 0 spiro atoms. The molecule has 102 valence electrons. The van der Waals surface area contributed by atoms with Crippen molar-refractivity contribution in [2.45, 2.75) is 6.42 Å². The van der Waals surface area contributed by atoms with Crippen molar-refractivity contribution in [1.82, 2.24) is 19.6 Å². The first-order valence-corrected chi connectivity index (χ1v) is 6.99. The Kier molecular flexibility index (Phi) is 3.62. The van der Waals surface area contributed by atoms with Gasteiger partial charge in [0.1, 0.15) is 10.4 Å². The van der Waals surface area contributed by atoms with Gasteiger partial charge in [-0.1, -0.05) is 6.07 Å². The molecule has 3 N–H and O–H groups in total. The zero-order valence-electron chi connectivity index (χ0n) is 10.6. The van der Waals surface area contributed by atoms with Gasteiger partial charge >= 0.3 is 0 Å². The summed E-state index contributed by atoms with van der Waals surface area (Å²) in [4.78, 5) is 8.69. The van der Waals surface area contributed by atoms with Crippen LogP contribution in [0.15, 0.2) is 41.1 Å². The number of nitrogens with one attached hydrogen (secondary N) is 1. The van der Waals surface area contributed by atoms with Crippen LogP contribution >= 0.6 is 15.9 Å². The van der Waals surface area contributed by atoms with Crippen LogP contribution in [0.5, 0.6) is 0 Å². The lowest BCUT2D eigenvalue weighted by Gasteiger charge is -2.04. The highest BCUT2D eigenvalue weighted by Crippen LogP contribution is 2.20. The van der Waals surface area contributed by atoms with Crippen molar-refractivity contribution in [1.29, 1.82) is 0 Å². The van der Waals surface area contributed by atoms with E-state index in [4.69, 9.17) is 5.73 Å². The van der Waals surface area contributed by atoms with E-state index < -0.39 is 0 Å². The van der Waals surface area contributed by atoms with Crippen LogP contribution in [0.3, 0.4) is 0 Å². The fraction of sp³-hybridized carbons (Fsp3) is 0.154. The van der Waals surface area contributed by atoms with Crippen LogP contribution in [-0.2, 0) is 6.42 Å². The van der Waals surface area contributed by atoms with E-state index in [0.717, 1.165) is 21.8 Å². The number of hydrogen-bond donors (Lipinski definition) is 2. The molecule has 0 bridgehead atoms. The van der Waals surface area contributed by atoms with Crippen LogP contribution in [0, 0.1) is 0 Å². The Hall–Kier alpha value is -1.99. The quantitative estimate of drug-likeness (QED) is 0.764. The lowest BCUT2D eigenvalue weighted by Crippen LogP contribution is -2.03. The van der Waals surface area contributed by atoms with Gasteiger partial charge in [0.05, 0.1) is 5.69 Å². The monoisotopic (exact) mass is 332 g/mol. The molecule has 3 aromatic rings. The molecule has 0 radical (unpaired) electrons. The van der Waals surface area contributed by atoms with E-state index in [2.05, 4.69) is 36.3 Å².